The van der Waals surface area contributed by atoms with Gasteiger partial charge in [-0.25, -0.2) is 9.78 Å². The van der Waals surface area contributed by atoms with Gasteiger partial charge in [0.2, 0.25) is 5.91 Å². The van der Waals surface area contributed by atoms with E-state index in [-0.39, 0.29) is 17.8 Å². The highest BCUT2D eigenvalue weighted by Gasteiger charge is 2.24. The van der Waals surface area contributed by atoms with Crippen LogP contribution in [0.4, 0.5) is 5.13 Å². The van der Waals surface area contributed by atoms with Crippen molar-refractivity contribution in [3.8, 4) is 0 Å². The molecule has 0 bridgehead atoms. The number of aromatic nitrogens is 1. The van der Waals surface area contributed by atoms with Crippen LogP contribution >= 0.6 is 11.3 Å². The molecule has 0 aliphatic carbocycles. The first kappa shape index (κ1) is 16.6. The van der Waals surface area contributed by atoms with Gasteiger partial charge in [-0.1, -0.05) is 12.1 Å². The highest BCUT2D eigenvalue weighted by atomic mass is 32.1. The molecule has 1 N–H and O–H groups in total. The number of carbonyl (C=O) groups is 2. The van der Waals surface area contributed by atoms with Gasteiger partial charge < -0.3 is 14.8 Å². The van der Waals surface area contributed by atoms with Gasteiger partial charge in [-0.05, 0) is 24.1 Å². The molecule has 1 fully saturated rings. The number of nitrogens with one attached hydrogen (secondary N) is 1. The summed E-state index contributed by atoms with van der Waals surface area (Å²) in [5, 5.41) is 3.43. The molecular weight excluding hydrogens is 328 g/mol. The second kappa shape index (κ2) is 7.55. The summed E-state index contributed by atoms with van der Waals surface area (Å²) in [6.07, 6.45) is 3.14. The van der Waals surface area contributed by atoms with Gasteiger partial charge in [0.05, 0.1) is 25.2 Å². The Bertz CT molecular complexity index is 738. The smallest absolute Gasteiger partial charge is 0.337 e. The minimum Gasteiger partial charge on any atom is -0.465 e. The zero-order valence-electron chi connectivity index (χ0n) is 13.3. The van der Waals surface area contributed by atoms with Crippen molar-refractivity contribution in [1.29, 1.82) is 0 Å². The molecule has 1 saturated heterocycles. The molecule has 3 rings (SSSR count). The van der Waals surface area contributed by atoms with E-state index in [9.17, 15) is 9.59 Å². The van der Waals surface area contributed by atoms with Crippen LogP contribution in [0.1, 0.15) is 27.2 Å². The standard InChI is InChI=1S/C17H18N2O4S/c1-22-16(21)12-4-2-3-11(7-12)8-14-9-18-17(24-14)19-15(20)13-5-6-23-10-13/h2-4,7,9,13H,5-6,8,10H2,1H3,(H,18,19,20)/t13-/m1/s1. The summed E-state index contributed by atoms with van der Waals surface area (Å²) in [5.74, 6) is -0.483. The summed E-state index contributed by atoms with van der Waals surface area (Å²) in [7, 11) is 1.36. The van der Waals surface area contributed by atoms with Crippen LogP contribution in [-0.2, 0) is 20.7 Å². The van der Waals surface area contributed by atoms with E-state index in [0.717, 1.165) is 16.9 Å². The summed E-state index contributed by atoms with van der Waals surface area (Å²) in [4.78, 5) is 28.9. The lowest BCUT2D eigenvalue weighted by atomic mass is 10.1. The van der Waals surface area contributed by atoms with Crippen LogP contribution in [0.15, 0.2) is 30.5 Å². The normalized spacial score (nSPS) is 16.8. The zero-order valence-corrected chi connectivity index (χ0v) is 14.1. The van der Waals surface area contributed by atoms with Crippen molar-refractivity contribution in [2.24, 2.45) is 5.92 Å². The van der Waals surface area contributed by atoms with Crippen LogP contribution in [0.5, 0.6) is 0 Å². The molecule has 1 aliphatic rings. The lowest BCUT2D eigenvalue weighted by Gasteiger charge is -2.06. The largest absolute Gasteiger partial charge is 0.465 e. The lowest BCUT2D eigenvalue weighted by molar-refractivity contribution is -0.119. The zero-order chi connectivity index (χ0) is 16.9. The Morgan fingerprint density at radius 1 is 1.46 bits per heavy atom. The van der Waals surface area contributed by atoms with E-state index in [0.29, 0.717) is 30.3 Å². The molecular formula is C17H18N2O4S. The monoisotopic (exact) mass is 346 g/mol. The number of anilines is 1. The number of rotatable bonds is 5. The Morgan fingerprint density at radius 3 is 3.08 bits per heavy atom. The number of thiazole rings is 1. The number of benzene rings is 1. The summed E-state index contributed by atoms with van der Waals surface area (Å²) in [6.45, 7) is 1.11. The molecule has 1 atom stereocenters. The van der Waals surface area contributed by atoms with Crippen LogP contribution in [0.25, 0.3) is 0 Å². The molecule has 0 radical (unpaired) electrons. The molecule has 6 nitrogen and oxygen atoms in total. The quantitative estimate of drug-likeness (QED) is 0.842. The van der Waals surface area contributed by atoms with Gasteiger partial charge in [-0.3, -0.25) is 4.79 Å². The Hall–Kier alpha value is -2.25. The molecule has 0 saturated carbocycles. The number of nitrogens with zero attached hydrogens (tertiary/aromatic N) is 1. The van der Waals surface area contributed by atoms with Crippen LogP contribution < -0.4 is 5.32 Å². The third kappa shape index (κ3) is 3.98. The highest BCUT2D eigenvalue weighted by molar-refractivity contribution is 7.15. The minimum atomic E-state index is -0.354. The topological polar surface area (TPSA) is 77.5 Å². The van der Waals surface area contributed by atoms with Crippen molar-refractivity contribution >= 4 is 28.3 Å². The number of amides is 1. The fourth-order valence-electron chi connectivity index (χ4n) is 2.52. The SMILES string of the molecule is COC(=O)c1cccc(Cc2cnc(NC(=O)[C@@H]3CCOC3)s2)c1. The second-order valence-corrected chi connectivity index (χ2v) is 6.67. The first-order valence-corrected chi connectivity index (χ1v) is 8.48. The van der Waals surface area contributed by atoms with Gasteiger partial charge >= 0.3 is 5.97 Å². The van der Waals surface area contributed by atoms with Gasteiger partial charge in [-0.2, -0.15) is 0 Å². The van der Waals surface area contributed by atoms with Crippen molar-refractivity contribution in [1.82, 2.24) is 4.98 Å². The Morgan fingerprint density at radius 2 is 2.33 bits per heavy atom. The molecule has 0 spiro atoms. The summed E-state index contributed by atoms with van der Waals surface area (Å²) in [5.41, 5.74) is 1.51. The first-order chi connectivity index (χ1) is 11.7. The molecule has 2 aromatic rings. The van der Waals surface area contributed by atoms with Gasteiger partial charge in [0.25, 0.3) is 0 Å². The molecule has 1 aliphatic heterocycles. The first-order valence-electron chi connectivity index (χ1n) is 7.66. The van der Waals surface area contributed by atoms with E-state index in [1.54, 1.807) is 18.3 Å². The molecule has 1 aromatic carbocycles. The van der Waals surface area contributed by atoms with Crippen molar-refractivity contribution in [2.75, 3.05) is 25.6 Å². The van der Waals surface area contributed by atoms with Crippen LogP contribution in [-0.4, -0.2) is 37.2 Å². The van der Waals surface area contributed by atoms with Gasteiger partial charge in [-0.15, -0.1) is 11.3 Å². The van der Waals surface area contributed by atoms with E-state index in [1.165, 1.54) is 18.4 Å². The number of methoxy groups -OCH3 is 1. The third-order valence-electron chi connectivity index (χ3n) is 3.81. The predicted octanol–water partition coefficient (Wildman–Crippen LogP) is 2.50. The molecule has 2 heterocycles. The maximum Gasteiger partial charge on any atom is 0.337 e. The second-order valence-electron chi connectivity index (χ2n) is 5.55. The Balaban J connectivity index is 1.63. The Kier molecular flexibility index (Phi) is 5.22. The van der Waals surface area contributed by atoms with E-state index >= 15 is 0 Å². The molecule has 1 aromatic heterocycles. The van der Waals surface area contributed by atoms with Crippen molar-refractivity contribution in [2.45, 2.75) is 12.8 Å². The predicted molar refractivity (Wildman–Crippen MR) is 90.3 cm³/mol. The van der Waals surface area contributed by atoms with E-state index in [4.69, 9.17) is 9.47 Å². The Labute approximate surface area is 143 Å². The number of ether oxygens (including phenoxy) is 2. The maximum atomic E-state index is 12.1. The molecule has 1 amide bonds. The van der Waals surface area contributed by atoms with Crippen LogP contribution in [0.3, 0.4) is 0 Å². The number of carbonyl (C=O) groups excluding carboxylic acids is 2. The van der Waals surface area contributed by atoms with Gasteiger partial charge in [0.15, 0.2) is 5.13 Å². The summed E-state index contributed by atoms with van der Waals surface area (Å²) >= 11 is 1.43. The van der Waals surface area contributed by atoms with Gasteiger partial charge in [0, 0.05) is 24.1 Å². The number of hydrogen-bond donors (Lipinski definition) is 1. The summed E-state index contributed by atoms with van der Waals surface area (Å²) in [6, 6.07) is 7.29. The molecule has 7 heteroatoms. The van der Waals surface area contributed by atoms with Crippen LogP contribution in [0, 0.1) is 5.92 Å². The van der Waals surface area contributed by atoms with Crippen LogP contribution in [0.2, 0.25) is 0 Å². The third-order valence-corrected chi connectivity index (χ3v) is 4.72. The maximum absolute atomic E-state index is 12.1. The highest BCUT2D eigenvalue weighted by Crippen LogP contribution is 2.23. The number of esters is 1. The van der Waals surface area contributed by atoms with Gasteiger partial charge in [0.1, 0.15) is 0 Å². The lowest BCUT2D eigenvalue weighted by Crippen LogP contribution is -2.22. The van der Waals surface area contributed by atoms with E-state index < -0.39 is 0 Å². The van der Waals surface area contributed by atoms with Crippen molar-refractivity contribution in [3.63, 3.8) is 0 Å². The molecule has 0 unspecified atom stereocenters. The fourth-order valence-corrected chi connectivity index (χ4v) is 3.37. The molecule has 126 valence electrons. The van der Waals surface area contributed by atoms with Crippen molar-refractivity contribution < 1.29 is 19.1 Å². The minimum absolute atomic E-state index is 0.0407. The average molecular weight is 346 g/mol. The summed E-state index contributed by atoms with van der Waals surface area (Å²) < 4.78 is 9.96. The number of hydrogen-bond acceptors (Lipinski definition) is 6. The fraction of sp³-hybridized carbons (Fsp3) is 0.353. The molecule has 24 heavy (non-hydrogen) atoms. The van der Waals surface area contributed by atoms with E-state index in [1.807, 2.05) is 12.1 Å². The van der Waals surface area contributed by atoms with Crippen molar-refractivity contribution in [3.05, 3.63) is 46.5 Å². The van der Waals surface area contributed by atoms with E-state index in [2.05, 4.69) is 10.3 Å². The average Bonchev–Trinajstić information content (AvgIpc) is 3.26.